The molecule has 8 heteroatoms. The van der Waals surface area contributed by atoms with E-state index in [-0.39, 0.29) is 5.69 Å². The van der Waals surface area contributed by atoms with Gasteiger partial charge in [0.05, 0.1) is 11.3 Å². The van der Waals surface area contributed by atoms with Crippen LogP contribution in [-0.4, -0.2) is 28.7 Å². The minimum atomic E-state index is -1.01. The van der Waals surface area contributed by atoms with E-state index in [1.807, 2.05) is 37.3 Å². The quantitative estimate of drug-likeness (QED) is 0.605. The lowest BCUT2D eigenvalue weighted by Gasteiger charge is -2.28. The number of hydrogen-bond donors (Lipinski definition) is 0. The number of benzene rings is 2. The van der Waals surface area contributed by atoms with Gasteiger partial charge in [0.25, 0.3) is 11.4 Å². The van der Waals surface area contributed by atoms with E-state index in [0.29, 0.717) is 24.4 Å². The molecule has 2 aliphatic heterocycles. The predicted octanol–water partition coefficient (Wildman–Crippen LogP) is 3.14. The zero-order chi connectivity index (χ0) is 18.1. The molecule has 8 nitrogen and oxygen atoms in total. The van der Waals surface area contributed by atoms with E-state index in [1.54, 1.807) is 17.2 Å². The molecule has 2 aromatic rings. The Hall–Kier alpha value is -2.97. The van der Waals surface area contributed by atoms with E-state index >= 15 is 0 Å². The number of oxime groups is 1. The van der Waals surface area contributed by atoms with E-state index < -0.39 is 16.9 Å². The van der Waals surface area contributed by atoms with E-state index in [2.05, 4.69) is 5.16 Å². The van der Waals surface area contributed by atoms with Gasteiger partial charge in [-0.15, -0.1) is 0 Å². The molecule has 0 aliphatic carbocycles. The lowest BCUT2D eigenvalue weighted by Crippen LogP contribution is -2.40. The average molecular weight is 355 g/mol. The summed E-state index contributed by atoms with van der Waals surface area (Å²) in [6.45, 7) is 2.38. The van der Waals surface area contributed by atoms with Gasteiger partial charge in [-0.3, -0.25) is 10.1 Å². The Morgan fingerprint density at radius 3 is 2.65 bits per heavy atom. The highest BCUT2D eigenvalue weighted by Crippen LogP contribution is 2.46. The minimum Gasteiger partial charge on any atom is -0.357 e. The molecular formula is C18H17N3O5. The SMILES string of the molecule is CCO[C@H]1C[C@]2(c3ccc([N+](=O)[O-])cc3)ON=C(c3ccccc3)N2O1. The number of hydrogen-bond acceptors (Lipinski definition) is 7. The van der Waals surface area contributed by atoms with Crippen LogP contribution in [0.5, 0.6) is 0 Å². The number of rotatable bonds is 5. The largest absolute Gasteiger partial charge is 0.357 e. The number of nitro benzene ring substituents is 1. The number of hydroxylamine groups is 2. The summed E-state index contributed by atoms with van der Waals surface area (Å²) in [5, 5.41) is 16.8. The molecule has 2 atom stereocenters. The maximum absolute atomic E-state index is 10.9. The molecule has 2 aromatic carbocycles. The second kappa shape index (κ2) is 6.40. The molecule has 1 fully saturated rings. The first-order chi connectivity index (χ1) is 12.6. The number of ether oxygens (including phenoxy) is 1. The van der Waals surface area contributed by atoms with Gasteiger partial charge in [0.15, 0.2) is 6.29 Å². The van der Waals surface area contributed by atoms with Crippen molar-refractivity contribution < 1.29 is 19.3 Å². The first-order valence-electron chi connectivity index (χ1n) is 8.29. The summed E-state index contributed by atoms with van der Waals surface area (Å²) in [7, 11) is 0. The Labute approximate surface area is 149 Å². The Kier molecular flexibility index (Phi) is 4.06. The van der Waals surface area contributed by atoms with Crippen molar-refractivity contribution in [2.24, 2.45) is 5.16 Å². The van der Waals surface area contributed by atoms with Crippen LogP contribution in [0.25, 0.3) is 0 Å². The van der Waals surface area contributed by atoms with Gasteiger partial charge < -0.3 is 9.57 Å². The Morgan fingerprint density at radius 1 is 1.27 bits per heavy atom. The van der Waals surface area contributed by atoms with Gasteiger partial charge in [0, 0.05) is 29.9 Å². The first-order valence-corrected chi connectivity index (χ1v) is 8.29. The molecule has 26 heavy (non-hydrogen) atoms. The van der Waals surface area contributed by atoms with Crippen molar-refractivity contribution in [2.75, 3.05) is 6.61 Å². The first kappa shape index (κ1) is 16.5. The van der Waals surface area contributed by atoms with Crippen molar-refractivity contribution in [3.05, 3.63) is 75.8 Å². The Balaban J connectivity index is 1.72. The molecule has 0 amide bonds. The van der Waals surface area contributed by atoms with Crippen LogP contribution < -0.4 is 0 Å². The molecule has 2 aliphatic rings. The predicted molar refractivity (Wildman–Crippen MR) is 91.8 cm³/mol. The lowest BCUT2D eigenvalue weighted by molar-refractivity contribution is -0.384. The molecule has 0 N–H and O–H groups in total. The average Bonchev–Trinajstić information content (AvgIpc) is 3.19. The standard InChI is InChI=1S/C18H17N3O5/c1-2-24-16-12-18(14-8-10-15(11-9-14)21(22)23)20(25-16)17(19-26-18)13-6-4-3-5-7-13/h3-11,16H,2,12H2,1H3/t16-,18-/m1/s1. The van der Waals surface area contributed by atoms with Crippen molar-refractivity contribution in [1.29, 1.82) is 0 Å². The summed E-state index contributed by atoms with van der Waals surface area (Å²) in [5.41, 5.74) is 0.549. The van der Waals surface area contributed by atoms with Gasteiger partial charge >= 0.3 is 0 Å². The fourth-order valence-corrected chi connectivity index (χ4v) is 3.16. The van der Waals surface area contributed by atoms with Crippen LogP contribution in [0.3, 0.4) is 0 Å². The van der Waals surface area contributed by atoms with Gasteiger partial charge in [-0.05, 0) is 19.1 Å². The van der Waals surface area contributed by atoms with Crippen LogP contribution in [0, 0.1) is 10.1 Å². The molecular weight excluding hydrogens is 338 g/mol. The highest BCUT2D eigenvalue weighted by atomic mass is 16.9. The van der Waals surface area contributed by atoms with E-state index in [1.165, 1.54) is 12.1 Å². The second-order valence-electron chi connectivity index (χ2n) is 5.95. The van der Waals surface area contributed by atoms with Crippen LogP contribution in [-0.2, 0) is 20.1 Å². The normalized spacial score (nSPS) is 24.1. The molecule has 0 radical (unpaired) electrons. The van der Waals surface area contributed by atoms with Crippen molar-refractivity contribution in [3.8, 4) is 0 Å². The number of nitrogens with zero attached hydrogens (tertiary/aromatic N) is 3. The van der Waals surface area contributed by atoms with Gasteiger partial charge in [-0.25, -0.2) is 4.84 Å². The molecule has 134 valence electrons. The molecule has 0 saturated carbocycles. The fraction of sp³-hybridized carbons (Fsp3) is 0.278. The van der Waals surface area contributed by atoms with Gasteiger partial charge in [0.2, 0.25) is 5.84 Å². The Bertz CT molecular complexity index is 840. The van der Waals surface area contributed by atoms with Crippen molar-refractivity contribution in [1.82, 2.24) is 5.06 Å². The molecule has 4 rings (SSSR count). The van der Waals surface area contributed by atoms with Crippen LogP contribution in [0.4, 0.5) is 5.69 Å². The van der Waals surface area contributed by atoms with Crippen molar-refractivity contribution in [2.45, 2.75) is 25.4 Å². The number of fused-ring (bicyclic) bond motifs is 1. The minimum absolute atomic E-state index is 0.0131. The monoisotopic (exact) mass is 355 g/mol. The fourth-order valence-electron chi connectivity index (χ4n) is 3.16. The Morgan fingerprint density at radius 2 is 2.00 bits per heavy atom. The van der Waals surface area contributed by atoms with Crippen LogP contribution in [0.2, 0.25) is 0 Å². The summed E-state index contributed by atoms with van der Waals surface area (Å²) in [6.07, 6.45) is -0.109. The maximum atomic E-state index is 10.9. The third-order valence-corrected chi connectivity index (χ3v) is 4.38. The zero-order valence-electron chi connectivity index (χ0n) is 14.1. The van der Waals surface area contributed by atoms with Crippen molar-refractivity contribution in [3.63, 3.8) is 0 Å². The van der Waals surface area contributed by atoms with Gasteiger partial charge in [-0.2, -0.15) is 5.06 Å². The van der Waals surface area contributed by atoms with E-state index in [4.69, 9.17) is 14.4 Å². The summed E-state index contributed by atoms with van der Waals surface area (Å²) in [4.78, 5) is 22.3. The molecule has 0 spiro atoms. The highest BCUT2D eigenvalue weighted by molar-refractivity contribution is 5.99. The molecule has 0 aromatic heterocycles. The van der Waals surface area contributed by atoms with Crippen LogP contribution in [0.1, 0.15) is 24.5 Å². The molecule has 0 unspecified atom stereocenters. The summed E-state index contributed by atoms with van der Waals surface area (Å²) in [5.74, 6) is 0.533. The second-order valence-corrected chi connectivity index (χ2v) is 5.95. The van der Waals surface area contributed by atoms with Gasteiger partial charge in [-0.1, -0.05) is 35.5 Å². The third-order valence-electron chi connectivity index (χ3n) is 4.38. The smallest absolute Gasteiger partial charge is 0.269 e. The third kappa shape index (κ3) is 2.59. The lowest BCUT2D eigenvalue weighted by atomic mass is 9.98. The van der Waals surface area contributed by atoms with Crippen LogP contribution >= 0.6 is 0 Å². The number of non-ortho nitro benzene ring substituents is 1. The number of nitro groups is 1. The van der Waals surface area contributed by atoms with Gasteiger partial charge in [0.1, 0.15) is 0 Å². The topological polar surface area (TPSA) is 86.4 Å². The zero-order valence-corrected chi connectivity index (χ0v) is 14.1. The maximum Gasteiger partial charge on any atom is 0.269 e. The molecule has 2 heterocycles. The molecule has 1 saturated heterocycles. The molecule has 0 bridgehead atoms. The number of amidine groups is 1. The van der Waals surface area contributed by atoms with E-state index in [0.717, 1.165) is 5.56 Å². The highest BCUT2D eigenvalue weighted by Gasteiger charge is 2.57. The summed E-state index contributed by atoms with van der Waals surface area (Å²) in [6, 6.07) is 15.7. The summed E-state index contributed by atoms with van der Waals surface area (Å²) >= 11 is 0. The summed E-state index contributed by atoms with van der Waals surface area (Å²) < 4.78 is 5.62. The van der Waals surface area contributed by atoms with Crippen molar-refractivity contribution >= 4 is 11.5 Å². The van der Waals surface area contributed by atoms with Crippen LogP contribution in [0.15, 0.2) is 59.8 Å². The van der Waals surface area contributed by atoms with E-state index in [9.17, 15) is 10.1 Å².